The van der Waals surface area contributed by atoms with Crippen molar-refractivity contribution in [3.8, 4) is 5.75 Å². The third kappa shape index (κ3) is 2.37. The zero-order valence-electron chi connectivity index (χ0n) is 10.5. The second-order valence-electron chi connectivity index (χ2n) is 4.07. The van der Waals surface area contributed by atoms with Gasteiger partial charge in [0, 0.05) is 16.2 Å². The summed E-state index contributed by atoms with van der Waals surface area (Å²) in [5, 5.41) is 10.7. The number of H-pyrrole nitrogens is 1. The number of aromatic amines is 1. The molecular weight excluding hydrogens is 324 g/mol. The van der Waals surface area contributed by atoms with E-state index in [0.717, 1.165) is 21.3 Å². The Hall–Kier alpha value is -2.35. The minimum absolute atomic E-state index is 0.172. The molecule has 0 radical (unpaired) electrons. The van der Waals surface area contributed by atoms with Crippen LogP contribution in [0.5, 0.6) is 5.75 Å². The van der Waals surface area contributed by atoms with Gasteiger partial charge in [0.1, 0.15) is 11.6 Å². The Morgan fingerprint density at radius 3 is 2.95 bits per heavy atom. The fourth-order valence-corrected chi connectivity index (χ4v) is 2.31. The van der Waals surface area contributed by atoms with E-state index in [9.17, 15) is 0 Å². The van der Waals surface area contributed by atoms with Gasteiger partial charge >= 0.3 is 0 Å². The van der Waals surface area contributed by atoms with Crippen molar-refractivity contribution in [2.24, 2.45) is 0 Å². The number of aromatic nitrogens is 4. The Morgan fingerprint density at radius 1 is 1.30 bits per heavy atom. The van der Waals surface area contributed by atoms with Crippen molar-refractivity contribution in [2.75, 3.05) is 18.2 Å². The second-order valence-corrected chi connectivity index (χ2v) is 4.98. The quantitative estimate of drug-likeness (QED) is 0.680. The number of halogens is 1. The minimum Gasteiger partial charge on any atom is -0.497 e. The van der Waals surface area contributed by atoms with E-state index < -0.39 is 0 Å². The van der Waals surface area contributed by atoms with Gasteiger partial charge in [-0.1, -0.05) is 15.9 Å². The van der Waals surface area contributed by atoms with Crippen LogP contribution in [0.15, 0.2) is 28.9 Å². The first-order valence-corrected chi connectivity index (χ1v) is 6.53. The van der Waals surface area contributed by atoms with Crippen LogP contribution in [0, 0.1) is 0 Å². The first-order chi connectivity index (χ1) is 9.65. The number of nitrogen functional groups attached to an aromatic ring is 1. The van der Waals surface area contributed by atoms with E-state index in [0.29, 0.717) is 11.5 Å². The van der Waals surface area contributed by atoms with E-state index in [2.05, 4.69) is 41.4 Å². The summed E-state index contributed by atoms with van der Waals surface area (Å²) in [4.78, 5) is 8.26. The topological polar surface area (TPSA) is 102 Å². The van der Waals surface area contributed by atoms with E-state index in [-0.39, 0.29) is 5.95 Å². The predicted octanol–water partition coefficient (Wildman–Crippen LogP) is 2.45. The number of hydrogen-bond acceptors (Lipinski definition) is 6. The molecule has 0 saturated carbocycles. The molecule has 2 heterocycles. The molecule has 4 N–H and O–H groups in total. The molecule has 3 aromatic rings. The number of methoxy groups -OCH3 is 1. The maximum absolute atomic E-state index is 5.68. The summed E-state index contributed by atoms with van der Waals surface area (Å²) in [6, 6.07) is 5.63. The molecule has 1 aromatic carbocycles. The maximum Gasteiger partial charge on any atom is 0.224 e. The average Bonchev–Trinajstić information content (AvgIpc) is 2.86. The van der Waals surface area contributed by atoms with E-state index in [1.54, 1.807) is 13.3 Å². The van der Waals surface area contributed by atoms with Crippen LogP contribution in [-0.4, -0.2) is 27.3 Å². The van der Waals surface area contributed by atoms with Gasteiger partial charge in [-0.2, -0.15) is 15.1 Å². The van der Waals surface area contributed by atoms with Gasteiger partial charge in [0.15, 0.2) is 5.65 Å². The molecule has 0 saturated heterocycles. The molecule has 20 heavy (non-hydrogen) atoms. The highest BCUT2D eigenvalue weighted by Gasteiger charge is 2.09. The molecule has 0 bridgehead atoms. The Bertz CT molecular complexity index is 772. The first-order valence-electron chi connectivity index (χ1n) is 5.74. The predicted molar refractivity (Wildman–Crippen MR) is 80.1 cm³/mol. The van der Waals surface area contributed by atoms with Crippen molar-refractivity contribution in [3.05, 3.63) is 28.9 Å². The molecular formula is C12H11BrN6O. The van der Waals surface area contributed by atoms with Crippen LogP contribution in [0.25, 0.3) is 11.0 Å². The van der Waals surface area contributed by atoms with Gasteiger partial charge < -0.3 is 15.8 Å². The molecule has 2 aromatic heterocycles. The molecule has 0 unspecified atom stereocenters. The lowest BCUT2D eigenvalue weighted by Crippen LogP contribution is -2.01. The molecule has 0 fully saturated rings. The number of nitrogens with two attached hydrogens (primary N) is 1. The molecule has 7 nitrogen and oxygen atoms in total. The number of rotatable bonds is 3. The molecule has 0 atom stereocenters. The highest BCUT2D eigenvalue weighted by molar-refractivity contribution is 9.10. The first kappa shape index (κ1) is 12.7. The second kappa shape index (κ2) is 4.97. The van der Waals surface area contributed by atoms with Crippen molar-refractivity contribution in [2.45, 2.75) is 0 Å². The zero-order chi connectivity index (χ0) is 14.1. The van der Waals surface area contributed by atoms with Crippen LogP contribution in [0.4, 0.5) is 17.5 Å². The lowest BCUT2D eigenvalue weighted by Gasteiger charge is -2.09. The molecule has 3 rings (SSSR count). The molecule has 8 heteroatoms. The number of nitrogens with zero attached hydrogens (tertiary/aromatic N) is 3. The molecule has 0 aliphatic rings. The third-order valence-electron chi connectivity index (χ3n) is 2.70. The molecule has 0 spiro atoms. The molecule has 102 valence electrons. The van der Waals surface area contributed by atoms with Crippen LogP contribution in [0.2, 0.25) is 0 Å². The van der Waals surface area contributed by atoms with Crippen LogP contribution < -0.4 is 15.8 Å². The Kier molecular flexibility index (Phi) is 3.15. The molecule has 0 aliphatic heterocycles. The number of hydrogen-bond donors (Lipinski definition) is 3. The number of anilines is 3. The van der Waals surface area contributed by atoms with Gasteiger partial charge in [0.25, 0.3) is 0 Å². The fourth-order valence-electron chi connectivity index (χ4n) is 1.84. The summed E-state index contributed by atoms with van der Waals surface area (Å²) < 4.78 is 6.12. The highest BCUT2D eigenvalue weighted by atomic mass is 79.9. The maximum atomic E-state index is 5.68. The van der Waals surface area contributed by atoms with Gasteiger partial charge in [-0.25, -0.2) is 0 Å². The standard InChI is InChI=1S/C12H11BrN6O/c1-20-8-3-6(13)2-7(4-8)16-10-9-5-15-19-11(9)18-12(14)17-10/h2-5H,1H3,(H4,14,15,16,17,18,19). The van der Waals surface area contributed by atoms with Crippen LogP contribution >= 0.6 is 15.9 Å². The highest BCUT2D eigenvalue weighted by Crippen LogP contribution is 2.28. The fraction of sp³-hybridized carbons (Fsp3) is 0.0833. The lowest BCUT2D eigenvalue weighted by atomic mass is 10.3. The van der Waals surface area contributed by atoms with Crippen molar-refractivity contribution >= 4 is 44.4 Å². The van der Waals surface area contributed by atoms with Crippen molar-refractivity contribution in [3.63, 3.8) is 0 Å². The summed E-state index contributed by atoms with van der Waals surface area (Å²) >= 11 is 3.43. The van der Waals surface area contributed by atoms with E-state index >= 15 is 0 Å². The molecule has 0 aliphatic carbocycles. The Labute approximate surface area is 122 Å². The number of fused-ring (bicyclic) bond motifs is 1. The number of nitrogens with one attached hydrogen (secondary N) is 2. The number of ether oxygens (including phenoxy) is 1. The van der Waals surface area contributed by atoms with Crippen molar-refractivity contribution < 1.29 is 4.74 Å². The zero-order valence-corrected chi connectivity index (χ0v) is 12.1. The van der Waals surface area contributed by atoms with Crippen LogP contribution in [0.1, 0.15) is 0 Å². The van der Waals surface area contributed by atoms with Gasteiger partial charge in [-0.05, 0) is 12.1 Å². The van der Waals surface area contributed by atoms with Crippen molar-refractivity contribution in [1.29, 1.82) is 0 Å². The summed E-state index contributed by atoms with van der Waals surface area (Å²) in [6.07, 6.45) is 1.65. The summed E-state index contributed by atoms with van der Waals surface area (Å²) in [5.74, 6) is 1.49. The average molecular weight is 335 g/mol. The SMILES string of the molecule is COc1cc(Br)cc(Nc2nc(N)nc3[nH]ncc23)c1. The minimum atomic E-state index is 0.172. The van der Waals surface area contributed by atoms with Crippen LogP contribution in [0.3, 0.4) is 0 Å². The van der Waals surface area contributed by atoms with Gasteiger partial charge in [-0.15, -0.1) is 0 Å². The smallest absolute Gasteiger partial charge is 0.224 e. The monoisotopic (exact) mass is 334 g/mol. The Balaban J connectivity index is 2.04. The largest absolute Gasteiger partial charge is 0.497 e. The summed E-state index contributed by atoms with van der Waals surface area (Å²) in [5.41, 5.74) is 7.08. The normalized spacial score (nSPS) is 10.7. The molecule has 0 amide bonds. The summed E-state index contributed by atoms with van der Waals surface area (Å²) in [6.45, 7) is 0. The summed E-state index contributed by atoms with van der Waals surface area (Å²) in [7, 11) is 1.61. The van der Waals surface area contributed by atoms with Gasteiger partial charge in [-0.3, -0.25) is 5.10 Å². The van der Waals surface area contributed by atoms with Crippen molar-refractivity contribution in [1.82, 2.24) is 20.2 Å². The van der Waals surface area contributed by atoms with Gasteiger partial charge in [0.05, 0.1) is 18.7 Å². The van der Waals surface area contributed by atoms with Crippen LogP contribution in [-0.2, 0) is 0 Å². The lowest BCUT2D eigenvalue weighted by molar-refractivity contribution is 0.415. The van der Waals surface area contributed by atoms with E-state index in [1.165, 1.54) is 0 Å². The Morgan fingerprint density at radius 2 is 2.15 bits per heavy atom. The van der Waals surface area contributed by atoms with Gasteiger partial charge in [0.2, 0.25) is 5.95 Å². The third-order valence-corrected chi connectivity index (χ3v) is 3.15. The van der Waals surface area contributed by atoms with E-state index in [1.807, 2.05) is 18.2 Å². The number of benzene rings is 1. The van der Waals surface area contributed by atoms with E-state index in [4.69, 9.17) is 10.5 Å².